The summed E-state index contributed by atoms with van der Waals surface area (Å²) in [5, 5.41) is 10.6. The van der Waals surface area contributed by atoms with Crippen LogP contribution >= 0.6 is 11.3 Å². The molecule has 3 aromatic rings. The number of hydrogen-bond acceptors (Lipinski definition) is 6. The molecule has 0 spiro atoms. The molecule has 144 valence electrons. The number of amides is 2. The number of thiazole rings is 1. The number of carbonyl (C=O) groups excluding carboxylic acids is 2. The second-order valence-electron chi connectivity index (χ2n) is 5.81. The molecule has 7 nitrogen and oxygen atoms in total. The van der Waals surface area contributed by atoms with Crippen LogP contribution in [0.2, 0.25) is 0 Å². The van der Waals surface area contributed by atoms with Crippen molar-refractivity contribution in [3.05, 3.63) is 71.2 Å². The van der Waals surface area contributed by atoms with E-state index in [-0.39, 0.29) is 36.3 Å². The summed E-state index contributed by atoms with van der Waals surface area (Å²) in [6.07, 6.45) is 3.51. The number of benzene rings is 1. The Labute approximate surface area is 165 Å². The van der Waals surface area contributed by atoms with Crippen LogP contribution in [0, 0.1) is 5.82 Å². The van der Waals surface area contributed by atoms with Gasteiger partial charge in [0.25, 0.3) is 5.91 Å². The third-order valence-electron chi connectivity index (χ3n) is 3.68. The van der Waals surface area contributed by atoms with Gasteiger partial charge in [-0.25, -0.2) is 9.37 Å². The molecule has 0 radical (unpaired) electrons. The maximum Gasteiger partial charge on any atom is 0.270 e. The van der Waals surface area contributed by atoms with E-state index in [2.05, 4.69) is 25.9 Å². The molecule has 2 amide bonds. The minimum absolute atomic E-state index is 0.164. The van der Waals surface area contributed by atoms with Crippen molar-refractivity contribution in [3.8, 4) is 0 Å². The average Bonchev–Trinajstić information content (AvgIpc) is 3.17. The largest absolute Gasteiger partial charge is 0.352 e. The van der Waals surface area contributed by atoms with Gasteiger partial charge in [-0.15, -0.1) is 11.3 Å². The monoisotopic (exact) mass is 399 g/mol. The number of nitrogens with zero attached hydrogens (tertiary/aromatic N) is 2. The number of nitrogens with one attached hydrogen (secondary N) is 3. The van der Waals surface area contributed by atoms with Crippen LogP contribution in [0.15, 0.2) is 54.2 Å². The quantitative estimate of drug-likeness (QED) is 0.541. The topological polar surface area (TPSA) is 96.0 Å². The number of carbonyl (C=O) groups is 2. The van der Waals surface area contributed by atoms with E-state index in [0.717, 1.165) is 5.56 Å². The molecular formula is C19H18FN5O2S. The van der Waals surface area contributed by atoms with Gasteiger partial charge >= 0.3 is 0 Å². The molecule has 3 rings (SSSR count). The molecule has 28 heavy (non-hydrogen) atoms. The molecule has 0 aliphatic rings. The molecule has 1 aromatic carbocycles. The molecule has 2 aromatic heterocycles. The Morgan fingerprint density at radius 2 is 1.93 bits per heavy atom. The first kappa shape index (κ1) is 19.4. The molecule has 0 aliphatic carbocycles. The molecule has 2 heterocycles. The van der Waals surface area contributed by atoms with Gasteiger partial charge in [0, 0.05) is 43.0 Å². The van der Waals surface area contributed by atoms with Crippen LogP contribution < -0.4 is 16.0 Å². The summed E-state index contributed by atoms with van der Waals surface area (Å²) < 4.78 is 12.9. The van der Waals surface area contributed by atoms with Crippen molar-refractivity contribution in [2.24, 2.45) is 0 Å². The SMILES string of the molecule is O=C(CCNC(=O)c1csc(Nc2ccc(F)cc2)n1)NCc1cccnc1. The first-order valence-corrected chi connectivity index (χ1v) is 9.40. The zero-order chi connectivity index (χ0) is 19.8. The van der Waals surface area contributed by atoms with Gasteiger partial charge in [0.05, 0.1) is 0 Å². The van der Waals surface area contributed by atoms with Gasteiger partial charge in [-0.05, 0) is 35.9 Å². The van der Waals surface area contributed by atoms with E-state index in [1.807, 2.05) is 6.07 Å². The zero-order valence-corrected chi connectivity index (χ0v) is 15.6. The lowest BCUT2D eigenvalue weighted by Gasteiger charge is -2.06. The third-order valence-corrected chi connectivity index (χ3v) is 4.44. The lowest BCUT2D eigenvalue weighted by atomic mass is 10.3. The van der Waals surface area contributed by atoms with Crippen molar-refractivity contribution in [3.63, 3.8) is 0 Å². The molecule has 0 atom stereocenters. The summed E-state index contributed by atoms with van der Waals surface area (Å²) in [7, 11) is 0. The van der Waals surface area contributed by atoms with Crippen LogP contribution in [0.25, 0.3) is 0 Å². The molecule has 0 bridgehead atoms. The summed E-state index contributed by atoms with van der Waals surface area (Å²) in [6.45, 7) is 0.598. The minimum Gasteiger partial charge on any atom is -0.352 e. The Morgan fingerprint density at radius 3 is 2.68 bits per heavy atom. The Morgan fingerprint density at radius 1 is 1.11 bits per heavy atom. The lowest BCUT2D eigenvalue weighted by molar-refractivity contribution is -0.121. The Hall–Kier alpha value is -3.33. The van der Waals surface area contributed by atoms with E-state index in [1.54, 1.807) is 36.0 Å². The first-order valence-electron chi connectivity index (χ1n) is 8.52. The first-order chi connectivity index (χ1) is 13.6. The highest BCUT2D eigenvalue weighted by Gasteiger charge is 2.11. The van der Waals surface area contributed by atoms with Crippen molar-refractivity contribution in [1.82, 2.24) is 20.6 Å². The highest BCUT2D eigenvalue weighted by molar-refractivity contribution is 7.14. The summed E-state index contributed by atoms with van der Waals surface area (Å²) >= 11 is 1.26. The Bertz CT molecular complexity index is 931. The minimum atomic E-state index is -0.358. The molecular weight excluding hydrogens is 381 g/mol. The van der Waals surface area contributed by atoms with E-state index in [4.69, 9.17) is 0 Å². The molecule has 9 heteroatoms. The van der Waals surface area contributed by atoms with Crippen molar-refractivity contribution in [2.45, 2.75) is 13.0 Å². The number of aromatic nitrogens is 2. The van der Waals surface area contributed by atoms with Gasteiger partial charge in [0.15, 0.2) is 5.13 Å². The molecule has 0 saturated carbocycles. The number of hydrogen-bond donors (Lipinski definition) is 3. The van der Waals surface area contributed by atoms with E-state index < -0.39 is 0 Å². The van der Waals surface area contributed by atoms with E-state index >= 15 is 0 Å². The predicted molar refractivity (Wildman–Crippen MR) is 105 cm³/mol. The zero-order valence-electron chi connectivity index (χ0n) is 14.8. The van der Waals surface area contributed by atoms with Gasteiger partial charge < -0.3 is 16.0 Å². The Balaban J connectivity index is 1.40. The third kappa shape index (κ3) is 5.85. The van der Waals surface area contributed by atoms with Crippen LogP contribution in [-0.2, 0) is 11.3 Å². The maximum atomic E-state index is 12.9. The average molecular weight is 399 g/mol. The van der Waals surface area contributed by atoms with E-state index in [1.165, 1.54) is 23.5 Å². The summed E-state index contributed by atoms with van der Waals surface area (Å²) in [6, 6.07) is 9.51. The summed E-state index contributed by atoms with van der Waals surface area (Å²) in [4.78, 5) is 32.1. The Kier molecular flexibility index (Phi) is 6.64. The number of halogens is 1. The van der Waals surface area contributed by atoms with Crippen LogP contribution in [0.3, 0.4) is 0 Å². The van der Waals surface area contributed by atoms with Gasteiger partial charge in [-0.3, -0.25) is 14.6 Å². The second-order valence-corrected chi connectivity index (χ2v) is 6.67. The van der Waals surface area contributed by atoms with Crippen LogP contribution in [-0.4, -0.2) is 28.3 Å². The summed E-state index contributed by atoms with van der Waals surface area (Å²) in [5.41, 5.74) is 1.84. The fourth-order valence-corrected chi connectivity index (χ4v) is 2.97. The lowest BCUT2D eigenvalue weighted by Crippen LogP contribution is -2.30. The smallest absolute Gasteiger partial charge is 0.270 e. The molecule has 0 aliphatic heterocycles. The van der Waals surface area contributed by atoms with E-state index in [0.29, 0.717) is 17.4 Å². The molecule has 0 saturated heterocycles. The highest BCUT2D eigenvalue weighted by atomic mass is 32.1. The summed E-state index contributed by atoms with van der Waals surface area (Å²) in [5.74, 6) is -0.848. The maximum absolute atomic E-state index is 12.9. The van der Waals surface area contributed by atoms with Crippen molar-refractivity contribution < 1.29 is 14.0 Å². The van der Waals surface area contributed by atoms with Gasteiger partial charge in [0.1, 0.15) is 11.5 Å². The van der Waals surface area contributed by atoms with E-state index in [9.17, 15) is 14.0 Å². The number of rotatable bonds is 8. The molecule has 0 unspecified atom stereocenters. The fourth-order valence-electron chi connectivity index (χ4n) is 2.26. The number of anilines is 2. The molecule has 3 N–H and O–H groups in total. The highest BCUT2D eigenvalue weighted by Crippen LogP contribution is 2.21. The van der Waals surface area contributed by atoms with Crippen molar-refractivity contribution >= 4 is 34.0 Å². The number of pyridine rings is 1. The van der Waals surface area contributed by atoms with Gasteiger partial charge in [0.2, 0.25) is 5.91 Å². The van der Waals surface area contributed by atoms with Gasteiger partial charge in [-0.2, -0.15) is 0 Å². The molecule has 0 fully saturated rings. The fraction of sp³-hybridized carbons (Fsp3) is 0.158. The standard InChI is InChI=1S/C19H18FN5O2S/c20-14-3-5-15(6-4-14)24-19-25-16(12-28-19)18(27)22-9-7-17(26)23-11-13-2-1-8-21-10-13/h1-6,8,10,12H,7,9,11H2,(H,22,27)(H,23,26)(H,24,25). The van der Waals surface area contributed by atoms with Gasteiger partial charge in [-0.1, -0.05) is 6.07 Å². The van der Waals surface area contributed by atoms with Crippen molar-refractivity contribution in [2.75, 3.05) is 11.9 Å². The van der Waals surface area contributed by atoms with Crippen LogP contribution in [0.4, 0.5) is 15.2 Å². The second kappa shape index (κ2) is 9.56. The van der Waals surface area contributed by atoms with Crippen molar-refractivity contribution in [1.29, 1.82) is 0 Å². The van der Waals surface area contributed by atoms with Crippen LogP contribution in [0.5, 0.6) is 0 Å². The normalized spacial score (nSPS) is 10.3. The van der Waals surface area contributed by atoms with Crippen LogP contribution in [0.1, 0.15) is 22.5 Å². The predicted octanol–water partition coefficient (Wildman–Crippen LogP) is 2.86.